The van der Waals surface area contributed by atoms with Crippen LogP contribution in [0.4, 0.5) is 5.82 Å². The highest BCUT2D eigenvalue weighted by molar-refractivity contribution is 7.90. The molecule has 1 amide bonds. The average Bonchev–Trinajstić information content (AvgIpc) is 2.48. The third-order valence-corrected chi connectivity index (χ3v) is 4.27. The summed E-state index contributed by atoms with van der Waals surface area (Å²) < 4.78 is 26.5. The Morgan fingerprint density at radius 3 is 2.95 bits per heavy atom. The van der Waals surface area contributed by atoms with Gasteiger partial charge in [-0.3, -0.25) is 4.79 Å². The molecule has 22 heavy (non-hydrogen) atoms. The normalized spacial score (nSPS) is 19.0. The molecule has 0 saturated heterocycles. The van der Waals surface area contributed by atoms with E-state index in [1.807, 2.05) is 0 Å². The van der Waals surface area contributed by atoms with Crippen LogP contribution in [0.5, 0.6) is 5.75 Å². The van der Waals surface area contributed by atoms with E-state index in [2.05, 4.69) is 14.7 Å². The van der Waals surface area contributed by atoms with Crippen LogP contribution in [0.25, 0.3) is 0 Å². The number of pyridine rings is 1. The average molecular weight is 320 g/mol. The first-order valence-electron chi connectivity index (χ1n) is 6.39. The van der Waals surface area contributed by atoms with E-state index >= 15 is 0 Å². The largest absolute Gasteiger partial charge is 0.504 e. The second kappa shape index (κ2) is 5.26. The molecule has 0 unspecified atom stereocenters. The number of hydrogen-bond acceptors (Lipinski definition) is 6. The fourth-order valence-electron chi connectivity index (χ4n) is 2.01. The van der Waals surface area contributed by atoms with Crippen LogP contribution in [0, 0.1) is 0 Å². The molecule has 2 aliphatic rings. The second-order valence-corrected chi connectivity index (χ2v) is 6.43. The highest BCUT2D eigenvalue weighted by Crippen LogP contribution is 2.21. The summed E-state index contributed by atoms with van der Waals surface area (Å²) >= 11 is 0. The van der Waals surface area contributed by atoms with E-state index in [9.17, 15) is 18.3 Å². The van der Waals surface area contributed by atoms with E-state index in [-0.39, 0.29) is 29.7 Å². The predicted octanol–water partition coefficient (Wildman–Crippen LogP) is 0.223. The van der Waals surface area contributed by atoms with Gasteiger partial charge in [-0.1, -0.05) is 0 Å². The van der Waals surface area contributed by atoms with Crippen LogP contribution < -0.4 is 5.32 Å². The van der Waals surface area contributed by atoms with Crippen LogP contribution in [0.2, 0.25) is 0 Å². The van der Waals surface area contributed by atoms with E-state index in [1.54, 1.807) is 11.0 Å². The molecule has 9 heteroatoms. The molecule has 0 bridgehead atoms. The Labute approximate surface area is 126 Å². The van der Waals surface area contributed by atoms with Gasteiger partial charge >= 0.3 is 0 Å². The number of sulfonamides is 1. The molecule has 0 spiro atoms. The smallest absolute Gasteiger partial charge is 0.258 e. The summed E-state index contributed by atoms with van der Waals surface area (Å²) in [6, 6.07) is 2.95. The van der Waals surface area contributed by atoms with Gasteiger partial charge in [0.2, 0.25) is 0 Å². The molecule has 1 aromatic rings. The molecule has 2 aliphatic heterocycles. The second-order valence-electron chi connectivity index (χ2n) is 4.67. The Kier molecular flexibility index (Phi) is 3.41. The van der Waals surface area contributed by atoms with Crippen molar-refractivity contribution in [1.82, 2.24) is 9.88 Å². The molecule has 0 fully saturated rings. The summed E-state index contributed by atoms with van der Waals surface area (Å²) in [5.74, 6) is -0.359. The molecule has 3 rings (SSSR count). The standard InChI is InChI=1S/C13H12N4O4S/c18-10-2-1-5-14-12(10)15-13(19)9-3-4-11-16-22(20,21)7-6-17(11)8-9/h1-5,8,18H,6-7H2,(H,14,15,19). The van der Waals surface area contributed by atoms with Crippen LogP contribution in [0.15, 0.2) is 46.7 Å². The van der Waals surface area contributed by atoms with E-state index in [4.69, 9.17) is 0 Å². The first-order valence-corrected chi connectivity index (χ1v) is 8.00. The molecule has 0 aliphatic carbocycles. The van der Waals surface area contributed by atoms with E-state index in [1.165, 1.54) is 30.6 Å². The van der Waals surface area contributed by atoms with Gasteiger partial charge in [0.05, 0.1) is 11.3 Å². The Bertz CT molecular complexity index is 826. The van der Waals surface area contributed by atoms with E-state index in [0.29, 0.717) is 5.57 Å². The summed E-state index contributed by atoms with van der Waals surface area (Å²) in [5.41, 5.74) is 0.309. The Morgan fingerprint density at radius 1 is 1.36 bits per heavy atom. The fraction of sp³-hybridized carbons (Fsp3) is 0.154. The van der Waals surface area contributed by atoms with Gasteiger partial charge in [-0.25, -0.2) is 13.4 Å². The minimum absolute atomic E-state index is 0.0579. The number of nitrogens with zero attached hydrogens (tertiary/aromatic N) is 3. The monoisotopic (exact) mass is 320 g/mol. The lowest BCUT2D eigenvalue weighted by atomic mass is 10.2. The highest BCUT2D eigenvalue weighted by Gasteiger charge is 2.25. The van der Waals surface area contributed by atoms with Crippen molar-refractivity contribution in [3.8, 4) is 5.75 Å². The third kappa shape index (κ3) is 2.84. The lowest BCUT2D eigenvalue weighted by molar-refractivity contribution is -0.112. The minimum atomic E-state index is -3.42. The number of amides is 1. The molecule has 0 atom stereocenters. The number of amidine groups is 1. The lowest BCUT2D eigenvalue weighted by Crippen LogP contribution is -2.37. The molecule has 0 saturated carbocycles. The van der Waals surface area contributed by atoms with Crippen LogP contribution in [0.1, 0.15) is 0 Å². The molecule has 114 valence electrons. The SMILES string of the molecule is O=C(Nc1ncccc1O)C1=CN2CCS(=O)(=O)N=C2C=C1. The number of hydrogen-bond donors (Lipinski definition) is 2. The van der Waals surface area contributed by atoms with E-state index in [0.717, 1.165) is 0 Å². The number of fused-ring (bicyclic) bond motifs is 1. The fourth-order valence-corrected chi connectivity index (χ4v) is 2.98. The molecule has 8 nitrogen and oxygen atoms in total. The highest BCUT2D eigenvalue weighted by atomic mass is 32.2. The topological polar surface area (TPSA) is 112 Å². The van der Waals surface area contributed by atoms with Crippen LogP contribution in [-0.2, 0) is 14.8 Å². The Hall–Kier alpha value is -2.68. The van der Waals surface area contributed by atoms with Gasteiger partial charge < -0.3 is 15.3 Å². The van der Waals surface area contributed by atoms with Crippen molar-refractivity contribution in [2.45, 2.75) is 0 Å². The zero-order valence-electron chi connectivity index (χ0n) is 11.3. The van der Waals surface area contributed by atoms with Crippen molar-refractivity contribution in [2.24, 2.45) is 4.40 Å². The van der Waals surface area contributed by atoms with Gasteiger partial charge in [-0.2, -0.15) is 0 Å². The summed E-state index contributed by atoms with van der Waals surface area (Å²) in [4.78, 5) is 17.6. The van der Waals surface area contributed by atoms with Gasteiger partial charge in [0.25, 0.3) is 15.9 Å². The van der Waals surface area contributed by atoms with Crippen molar-refractivity contribution in [1.29, 1.82) is 0 Å². The van der Waals surface area contributed by atoms with Gasteiger partial charge in [0.1, 0.15) is 5.84 Å². The number of carbonyl (C=O) groups is 1. The van der Waals surface area contributed by atoms with Crippen molar-refractivity contribution in [2.75, 3.05) is 17.6 Å². The minimum Gasteiger partial charge on any atom is -0.504 e. The quantitative estimate of drug-likeness (QED) is 0.806. The lowest BCUT2D eigenvalue weighted by Gasteiger charge is -2.26. The molecule has 0 radical (unpaired) electrons. The third-order valence-electron chi connectivity index (χ3n) is 3.10. The van der Waals surface area contributed by atoms with Crippen molar-refractivity contribution < 1.29 is 18.3 Å². The van der Waals surface area contributed by atoms with Gasteiger partial charge in [-0.05, 0) is 24.3 Å². The molecular weight excluding hydrogens is 308 g/mol. The first-order chi connectivity index (χ1) is 10.4. The van der Waals surface area contributed by atoms with Crippen LogP contribution in [-0.4, -0.2) is 47.4 Å². The van der Waals surface area contributed by atoms with Crippen molar-refractivity contribution in [3.05, 3.63) is 42.3 Å². The van der Waals surface area contributed by atoms with Gasteiger partial charge in [-0.15, -0.1) is 4.40 Å². The van der Waals surface area contributed by atoms with Crippen LogP contribution >= 0.6 is 0 Å². The Balaban J connectivity index is 1.80. The van der Waals surface area contributed by atoms with E-state index < -0.39 is 15.9 Å². The number of anilines is 1. The van der Waals surface area contributed by atoms with Gasteiger partial charge in [0.15, 0.2) is 11.6 Å². The summed E-state index contributed by atoms with van der Waals surface area (Å²) in [7, 11) is -3.42. The number of carbonyl (C=O) groups excluding carboxylic acids is 1. The number of aromatic nitrogens is 1. The molecule has 3 heterocycles. The number of nitrogens with one attached hydrogen (secondary N) is 1. The first kappa shape index (κ1) is 14.3. The molecule has 0 aromatic carbocycles. The molecule has 1 aromatic heterocycles. The summed E-state index contributed by atoms with van der Waals surface area (Å²) in [6.45, 7) is 0.233. The summed E-state index contributed by atoms with van der Waals surface area (Å²) in [5, 5.41) is 12.1. The Morgan fingerprint density at radius 2 is 2.18 bits per heavy atom. The maximum Gasteiger partial charge on any atom is 0.258 e. The van der Waals surface area contributed by atoms with Crippen molar-refractivity contribution >= 4 is 27.6 Å². The van der Waals surface area contributed by atoms with Gasteiger partial charge in [0, 0.05) is 18.9 Å². The zero-order chi connectivity index (χ0) is 15.7. The number of rotatable bonds is 2. The van der Waals surface area contributed by atoms with Crippen LogP contribution in [0.3, 0.4) is 0 Å². The molecule has 2 N–H and O–H groups in total. The molecular formula is C13H12N4O4S. The number of aromatic hydroxyl groups is 1. The predicted molar refractivity (Wildman–Crippen MR) is 79.7 cm³/mol. The summed E-state index contributed by atoms with van der Waals surface area (Å²) in [6.07, 6.45) is 5.89. The van der Waals surface area contributed by atoms with Crippen molar-refractivity contribution in [3.63, 3.8) is 0 Å². The maximum atomic E-state index is 12.2. The maximum absolute atomic E-state index is 12.2. The zero-order valence-corrected chi connectivity index (χ0v) is 12.1.